The molecule has 0 saturated carbocycles. The van der Waals surface area contributed by atoms with Crippen LogP contribution in [0.5, 0.6) is 5.75 Å². The molecule has 1 amide bonds. The van der Waals surface area contributed by atoms with E-state index in [0.717, 1.165) is 16.9 Å². The summed E-state index contributed by atoms with van der Waals surface area (Å²) in [6, 6.07) is 13.9. The van der Waals surface area contributed by atoms with E-state index in [2.05, 4.69) is 15.6 Å². The molecule has 2 rings (SSSR count). The van der Waals surface area contributed by atoms with Crippen LogP contribution in [0, 0.1) is 11.7 Å². The molecule has 0 fully saturated rings. The molecule has 1 unspecified atom stereocenters. The van der Waals surface area contributed by atoms with Crippen LogP contribution >= 0.6 is 0 Å². The monoisotopic (exact) mass is 414 g/mol. The van der Waals surface area contributed by atoms with E-state index >= 15 is 0 Å². The largest absolute Gasteiger partial charge is 0.488 e. The zero-order valence-electron chi connectivity index (χ0n) is 18.0. The number of primary amides is 1. The van der Waals surface area contributed by atoms with Crippen LogP contribution < -0.4 is 21.1 Å². The molecule has 2 aromatic carbocycles. The number of nitrogens with one attached hydrogen (secondary N) is 2. The molecule has 30 heavy (non-hydrogen) atoms. The van der Waals surface area contributed by atoms with Crippen molar-refractivity contribution in [3.05, 3.63) is 65.5 Å². The number of guanidine groups is 1. The van der Waals surface area contributed by atoms with E-state index < -0.39 is 11.8 Å². The van der Waals surface area contributed by atoms with Crippen molar-refractivity contribution in [3.8, 4) is 5.75 Å². The second-order valence-electron chi connectivity index (χ2n) is 8.06. The Bertz CT molecular complexity index is 860. The quantitative estimate of drug-likeness (QED) is 0.458. The van der Waals surface area contributed by atoms with Crippen molar-refractivity contribution >= 4 is 11.9 Å². The van der Waals surface area contributed by atoms with Crippen LogP contribution in [-0.2, 0) is 17.8 Å². The van der Waals surface area contributed by atoms with Gasteiger partial charge < -0.3 is 21.1 Å². The summed E-state index contributed by atoms with van der Waals surface area (Å²) in [5, 5.41) is 6.38. The molecule has 0 aliphatic carbocycles. The molecule has 0 bridgehead atoms. The number of halogens is 1. The van der Waals surface area contributed by atoms with Crippen molar-refractivity contribution < 1.29 is 13.9 Å². The number of hydrogen-bond acceptors (Lipinski definition) is 3. The van der Waals surface area contributed by atoms with Gasteiger partial charge in [-0.1, -0.05) is 30.3 Å². The van der Waals surface area contributed by atoms with E-state index in [1.807, 2.05) is 45.0 Å². The van der Waals surface area contributed by atoms with E-state index in [1.165, 1.54) is 12.1 Å². The molecule has 0 aromatic heterocycles. The Kier molecular flexibility index (Phi) is 8.21. The molecule has 0 radical (unpaired) electrons. The lowest BCUT2D eigenvalue weighted by molar-refractivity contribution is -0.121. The fourth-order valence-corrected chi connectivity index (χ4v) is 2.88. The highest BCUT2D eigenvalue weighted by molar-refractivity contribution is 5.81. The third-order valence-corrected chi connectivity index (χ3v) is 4.37. The van der Waals surface area contributed by atoms with Gasteiger partial charge in [0.15, 0.2) is 5.96 Å². The maximum Gasteiger partial charge on any atom is 0.222 e. The highest BCUT2D eigenvalue weighted by Crippen LogP contribution is 2.22. The Balaban J connectivity index is 1.95. The first kappa shape index (κ1) is 23.2. The SMILES string of the molecule is CN=C(NCc1ccccc1OC(C)(C)C)NCC(Cc1ccc(F)cc1)C(N)=O. The highest BCUT2D eigenvalue weighted by Gasteiger charge is 2.17. The number of benzene rings is 2. The first-order valence-corrected chi connectivity index (χ1v) is 9.93. The lowest BCUT2D eigenvalue weighted by Crippen LogP contribution is -2.43. The maximum absolute atomic E-state index is 13.1. The highest BCUT2D eigenvalue weighted by atomic mass is 19.1. The van der Waals surface area contributed by atoms with Gasteiger partial charge in [-0.3, -0.25) is 9.79 Å². The summed E-state index contributed by atoms with van der Waals surface area (Å²) >= 11 is 0. The van der Waals surface area contributed by atoms with Crippen LogP contribution in [0.25, 0.3) is 0 Å². The average molecular weight is 415 g/mol. The summed E-state index contributed by atoms with van der Waals surface area (Å²) in [6.07, 6.45) is 0.419. The molecule has 6 nitrogen and oxygen atoms in total. The number of aliphatic imine (C=N–C) groups is 1. The number of nitrogens with two attached hydrogens (primary N) is 1. The standard InChI is InChI=1S/C23H31FN4O2/c1-23(2,3)30-20-8-6-5-7-17(20)14-27-22(26-4)28-15-18(21(25)29)13-16-9-11-19(24)12-10-16/h5-12,18H,13-15H2,1-4H3,(H2,25,29)(H2,26,27,28). The van der Waals surface area contributed by atoms with Gasteiger partial charge in [0, 0.05) is 25.7 Å². The third-order valence-electron chi connectivity index (χ3n) is 4.37. The van der Waals surface area contributed by atoms with Crippen LogP contribution in [0.15, 0.2) is 53.5 Å². The topological polar surface area (TPSA) is 88.7 Å². The van der Waals surface area contributed by atoms with E-state index in [-0.39, 0.29) is 11.4 Å². The molecule has 0 aliphatic rings. The Labute approximate surface area is 177 Å². The van der Waals surface area contributed by atoms with Crippen LogP contribution in [0.3, 0.4) is 0 Å². The Hall–Kier alpha value is -3.09. The van der Waals surface area contributed by atoms with Crippen molar-refractivity contribution in [1.82, 2.24) is 10.6 Å². The molecule has 162 valence electrons. The van der Waals surface area contributed by atoms with Gasteiger partial charge in [0.2, 0.25) is 5.91 Å². The molecule has 0 aliphatic heterocycles. The molecule has 1 atom stereocenters. The molecular weight excluding hydrogens is 383 g/mol. The van der Waals surface area contributed by atoms with E-state index in [4.69, 9.17) is 10.5 Å². The lowest BCUT2D eigenvalue weighted by Gasteiger charge is -2.23. The molecule has 4 N–H and O–H groups in total. The normalized spacial score (nSPS) is 12.9. The Morgan fingerprint density at radius 3 is 2.40 bits per heavy atom. The summed E-state index contributed by atoms with van der Waals surface area (Å²) in [6.45, 7) is 6.83. The third kappa shape index (κ3) is 7.73. The van der Waals surface area contributed by atoms with Gasteiger partial charge in [-0.05, 0) is 51.0 Å². The minimum absolute atomic E-state index is 0.301. The van der Waals surface area contributed by atoms with Crippen molar-refractivity contribution in [2.45, 2.75) is 39.3 Å². The number of para-hydroxylation sites is 1. The van der Waals surface area contributed by atoms with E-state index in [9.17, 15) is 9.18 Å². The summed E-state index contributed by atoms with van der Waals surface area (Å²) in [5.74, 6) is 0.162. The van der Waals surface area contributed by atoms with Crippen LogP contribution in [0.4, 0.5) is 4.39 Å². The average Bonchev–Trinajstić information content (AvgIpc) is 2.68. The molecule has 0 spiro atoms. The molecule has 2 aromatic rings. The first-order chi connectivity index (χ1) is 14.2. The zero-order valence-corrected chi connectivity index (χ0v) is 18.0. The van der Waals surface area contributed by atoms with E-state index in [0.29, 0.717) is 25.5 Å². The number of nitrogens with zero attached hydrogens (tertiary/aromatic N) is 1. The summed E-state index contributed by atoms with van der Waals surface area (Å²) in [4.78, 5) is 16.1. The Morgan fingerprint density at radius 1 is 1.13 bits per heavy atom. The van der Waals surface area contributed by atoms with Gasteiger partial charge in [0.1, 0.15) is 17.2 Å². The number of carbonyl (C=O) groups is 1. The van der Waals surface area contributed by atoms with Gasteiger partial charge in [-0.15, -0.1) is 0 Å². The minimum atomic E-state index is -0.453. The molecular formula is C23H31FN4O2. The molecule has 0 heterocycles. The van der Waals surface area contributed by atoms with Gasteiger partial charge in [-0.2, -0.15) is 0 Å². The number of ether oxygens (including phenoxy) is 1. The van der Waals surface area contributed by atoms with Gasteiger partial charge in [0.25, 0.3) is 0 Å². The van der Waals surface area contributed by atoms with Crippen molar-refractivity contribution in [1.29, 1.82) is 0 Å². The number of amides is 1. The van der Waals surface area contributed by atoms with Crippen LogP contribution in [-0.4, -0.2) is 31.1 Å². The predicted molar refractivity (Wildman–Crippen MR) is 118 cm³/mol. The summed E-state index contributed by atoms with van der Waals surface area (Å²) < 4.78 is 19.1. The Morgan fingerprint density at radius 2 is 1.80 bits per heavy atom. The maximum atomic E-state index is 13.1. The minimum Gasteiger partial charge on any atom is -0.488 e. The molecule has 0 saturated heterocycles. The van der Waals surface area contributed by atoms with Crippen molar-refractivity contribution in [3.63, 3.8) is 0 Å². The fraction of sp³-hybridized carbons (Fsp3) is 0.391. The van der Waals surface area contributed by atoms with E-state index in [1.54, 1.807) is 19.2 Å². The zero-order chi connectivity index (χ0) is 22.1. The summed E-state index contributed by atoms with van der Waals surface area (Å²) in [5.41, 5.74) is 7.09. The van der Waals surface area contributed by atoms with Gasteiger partial charge in [-0.25, -0.2) is 4.39 Å². The van der Waals surface area contributed by atoms with Crippen LogP contribution in [0.1, 0.15) is 31.9 Å². The van der Waals surface area contributed by atoms with Crippen molar-refractivity contribution in [2.75, 3.05) is 13.6 Å². The van der Waals surface area contributed by atoms with Crippen molar-refractivity contribution in [2.24, 2.45) is 16.6 Å². The first-order valence-electron chi connectivity index (χ1n) is 9.93. The summed E-state index contributed by atoms with van der Waals surface area (Å²) in [7, 11) is 1.66. The second-order valence-corrected chi connectivity index (χ2v) is 8.06. The molecule has 7 heteroatoms. The predicted octanol–water partition coefficient (Wildman–Crippen LogP) is 3.01. The number of hydrogen-bond donors (Lipinski definition) is 3. The van der Waals surface area contributed by atoms with Gasteiger partial charge >= 0.3 is 0 Å². The fourth-order valence-electron chi connectivity index (χ4n) is 2.88. The lowest BCUT2D eigenvalue weighted by atomic mass is 9.98. The van der Waals surface area contributed by atoms with Gasteiger partial charge in [0.05, 0.1) is 5.92 Å². The smallest absolute Gasteiger partial charge is 0.222 e. The number of rotatable bonds is 8. The van der Waals surface area contributed by atoms with Crippen LogP contribution in [0.2, 0.25) is 0 Å². The number of carbonyl (C=O) groups excluding carboxylic acids is 1. The second kappa shape index (κ2) is 10.6.